The van der Waals surface area contributed by atoms with Crippen molar-refractivity contribution < 1.29 is 12.5 Å². The van der Waals surface area contributed by atoms with Gasteiger partial charge in [-0.3, -0.25) is 0 Å². The smallest absolute Gasteiger partial charge is 0.241 e. The monoisotopic (exact) mass is 450 g/mol. The molecule has 9 nitrogen and oxygen atoms in total. The fourth-order valence-electron chi connectivity index (χ4n) is 4.73. The number of sulfonamides is 1. The number of hydrogen-bond acceptors (Lipinski definition) is 8. The Kier molecular flexibility index (Phi) is 3.78. The summed E-state index contributed by atoms with van der Waals surface area (Å²) < 4.78 is 53.2. The maximum atomic E-state index is 13.3. The fraction of sp³-hybridized carbons (Fsp3) is 0.318. The zero-order valence-electron chi connectivity index (χ0n) is 19.9. The molecule has 0 aliphatic heterocycles. The third-order valence-corrected chi connectivity index (χ3v) is 7.80. The number of aryl methyl sites for hydroxylation is 1. The summed E-state index contributed by atoms with van der Waals surface area (Å²) in [4.78, 5) is 16.5. The molecule has 3 fully saturated rings. The number of nitrogen functional groups attached to an aromatic ring is 1. The van der Waals surface area contributed by atoms with E-state index in [4.69, 9.17) is 9.85 Å². The first kappa shape index (κ1) is 17.2. The zero-order valence-corrected chi connectivity index (χ0v) is 17.7. The van der Waals surface area contributed by atoms with Gasteiger partial charge in [-0.2, -0.15) is 5.26 Å². The van der Waals surface area contributed by atoms with Crippen LogP contribution in [0.2, 0.25) is 0 Å². The van der Waals surface area contributed by atoms with E-state index in [9.17, 15) is 13.7 Å². The summed E-state index contributed by atoms with van der Waals surface area (Å²) in [6.07, 6.45) is 6.32. The van der Waals surface area contributed by atoms with E-state index < -0.39 is 27.8 Å². The molecular formula is C22H21N7O2S. The van der Waals surface area contributed by atoms with Crippen molar-refractivity contribution in [3.05, 3.63) is 48.5 Å². The van der Waals surface area contributed by atoms with Gasteiger partial charge in [-0.25, -0.2) is 33.1 Å². The normalized spacial score (nSPS) is 25.8. The lowest BCUT2D eigenvalue weighted by Crippen LogP contribution is -2.55. The summed E-state index contributed by atoms with van der Waals surface area (Å²) >= 11 is 0. The molecule has 32 heavy (non-hydrogen) atoms. The topological polar surface area (TPSA) is 148 Å². The molecule has 0 spiro atoms. The van der Waals surface area contributed by atoms with Crippen LogP contribution in [0.1, 0.15) is 35.4 Å². The van der Waals surface area contributed by atoms with Gasteiger partial charge >= 0.3 is 0 Å². The second-order valence-corrected chi connectivity index (χ2v) is 10.1. The summed E-state index contributed by atoms with van der Waals surface area (Å²) in [7, 11) is -4.00. The van der Waals surface area contributed by atoms with Gasteiger partial charge in [-0.15, -0.1) is 0 Å². The highest BCUT2D eigenvalue weighted by Gasteiger charge is 2.62. The van der Waals surface area contributed by atoms with Crippen molar-refractivity contribution in [1.29, 1.82) is 5.26 Å². The first-order valence-corrected chi connectivity index (χ1v) is 11.4. The molecule has 2 aromatic heterocycles. The molecule has 162 valence electrons. The first-order chi connectivity index (χ1) is 16.5. The summed E-state index contributed by atoms with van der Waals surface area (Å²) in [5.74, 6) is 0.0830. The molecule has 0 amide bonds. The van der Waals surface area contributed by atoms with E-state index in [1.54, 1.807) is 6.07 Å². The number of fused-ring (bicyclic) bond motifs is 1. The lowest BCUT2D eigenvalue weighted by Gasteiger charge is -2.43. The van der Waals surface area contributed by atoms with Gasteiger partial charge in [0.05, 0.1) is 34.0 Å². The number of anilines is 1. The van der Waals surface area contributed by atoms with Gasteiger partial charge in [0.1, 0.15) is 12.0 Å². The minimum atomic E-state index is -4.00. The van der Waals surface area contributed by atoms with E-state index in [0.717, 1.165) is 0 Å². The molecule has 0 saturated heterocycles. The van der Waals surface area contributed by atoms with Gasteiger partial charge in [0.15, 0.2) is 5.82 Å². The van der Waals surface area contributed by atoms with Crippen LogP contribution in [0.15, 0.2) is 47.9 Å². The van der Waals surface area contributed by atoms with E-state index in [2.05, 4.69) is 30.7 Å². The summed E-state index contributed by atoms with van der Waals surface area (Å²) in [5.41, 5.74) is 5.67. The minimum absolute atomic E-state index is 0.0738. The van der Waals surface area contributed by atoms with Crippen molar-refractivity contribution in [3.8, 4) is 28.7 Å². The molecule has 1 aromatic carbocycles. The average molecular weight is 451 g/mol. The van der Waals surface area contributed by atoms with Gasteiger partial charge in [-0.1, -0.05) is 6.07 Å². The molecule has 6 rings (SSSR count). The quantitative estimate of drug-likeness (QED) is 0.603. The maximum absolute atomic E-state index is 13.3. The number of nitrogens with one attached hydrogen (secondary N) is 1. The van der Waals surface area contributed by atoms with E-state index >= 15 is 0 Å². The lowest BCUT2D eigenvalue weighted by molar-refractivity contribution is 0.161. The zero-order chi connectivity index (χ0) is 25.1. The SMILES string of the molecule is [2H]C([2H])([2H])c1ccc(S(=O)(=O)NC23CCC(C#N)(C2)C3)cc1-c1cnc(N)c(-c2ccncn2)n1. The van der Waals surface area contributed by atoms with Crippen LogP contribution in [-0.4, -0.2) is 33.9 Å². The van der Waals surface area contributed by atoms with E-state index in [1.807, 2.05) is 0 Å². The molecule has 3 aliphatic carbocycles. The van der Waals surface area contributed by atoms with Crippen molar-refractivity contribution in [2.75, 3.05) is 5.73 Å². The van der Waals surface area contributed by atoms with Gasteiger partial charge in [0.25, 0.3) is 0 Å². The molecule has 0 radical (unpaired) electrons. The Hall–Kier alpha value is -3.42. The Bertz CT molecular complexity index is 1460. The maximum Gasteiger partial charge on any atom is 0.241 e. The first-order valence-electron chi connectivity index (χ1n) is 11.5. The largest absolute Gasteiger partial charge is 0.382 e. The predicted octanol–water partition coefficient (Wildman–Crippen LogP) is 2.61. The van der Waals surface area contributed by atoms with Crippen LogP contribution in [-0.2, 0) is 10.0 Å². The van der Waals surface area contributed by atoms with Crippen molar-refractivity contribution in [2.24, 2.45) is 5.41 Å². The number of hydrogen-bond donors (Lipinski definition) is 2. The molecule has 0 atom stereocenters. The second kappa shape index (κ2) is 7.05. The number of benzene rings is 1. The minimum Gasteiger partial charge on any atom is -0.382 e. The van der Waals surface area contributed by atoms with Crippen LogP contribution < -0.4 is 10.5 Å². The molecule has 3 aliphatic rings. The number of nitriles is 1. The average Bonchev–Trinajstić information content (AvgIpc) is 3.34. The molecule has 3 aromatic rings. The van der Waals surface area contributed by atoms with Crippen LogP contribution >= 0.6 is 0 Å². The van der Waals surface area contributed by atoms with Gasteiger partial charge < -0.3 is 5.73 Å². The van der Waals surface area contributed by atoms with Crippen molar-refractivity contribution in [1.82, 2.24) is 24.7 Å². The third-order valence-electron chi connectivity index (χ3n) is 6.23. The van der Waals surface area contributed by atoms with E-state index in [0.29, 0.717) is 31.4 Å². The van der Waals surface area contributed by atoms with E-state index in [1.165, 1.54) is 36.9 Å². The van der Waals surface area contributed by atoms with Crippen LogP contribution in [0.3, 0.4) is 0 Å². The van der Waals surface area contributed by atoms with E-state index in [-0.39, 0.29) is 33.2 Å². The van der Waals surface area contributed by atoms with Crippen molar-refractivity contribution >= 4 is 15.8 Å². The van der Waals surface area contributed by atoms with Crippen LogP contribution in [0.5, 0.6) is 0 Å². The Morgan fingerprint density at radius 3 is 2.75 bits per heavy atom. The molecule has 2 bridgehead atoms. The van der Waals surface area contributed by atoms with Crippen LogP contribution in [0.25, 0.3) is 22.6 Å². The van der Waals surface area contributed by atoms with Gasteiger partial charge in [-0.05, 0) is 56.3 Å². The highest BCUT2D eigenvalue weighted by atomic mass is 32.2. The van der Waals surface area contributed by atoms with Crippen LogP contribution in [0.4, 0.5) is 5.82 Å². The number of rotatable bonds is 5. The summed E-state index contributed by atoms with van der Waals surface area (Å²) in [6.45, 7) is -2.53. The van der Waals surface area contributed by atoms with Crippen molar-refractivity contribution in [3.63, 3.8) is 0 Å². The Labute approximate surface area is 190 Å². The number of aromatic nitrogens is 4. The third kappa shape index (κ3) is 3.30. The summed E-state index contributed by atoms with van der Waals surface area (Å²) in [5, 5.41) is 9.38. The number of nitrogens with two attached hydrogens (primary N) is 1. The fourth-order valence-corrected chi connectivity index (χ4v) is 6.18. The Morgan fingerprint density at radius 2 is 2.06 bits per heavy atom. The molecular weight excluding hydrogens is 426 g/mol. The standard InChI is InChI=1S/C22H21N7O2S/c1-14-2-3-15(32(30,31)29-22-6-5-21(10-22,11-22)12-23)8-16(14)18-9-26-20(24)19(28-18)17-4-7-25-13-27-17/h2-4,7-9,13,29H,5-6,10-11H2,1H3,(H2,24,26)/i1D3. The molecule has 10 heteroatoms. The van der Waals surface area contributed by atoms with Gasteiger partial charge in [0.2, 0.25) is 10.0 Å². The van der Waals surface area contributed by atoms with Crippen molar-refractivity contribution in [2.45, 2.75) is 43.0 Å². The highest BCUT2D eigenvalue weighted by molar-refractivity contribution is 7.89. The Balaban J connectivity index is 1.57. The predicted molar refractivity (Wildman–Crippen MR) is 117 cm³/mol. The Morgan fingerprint density at radius 1 is 1.22 bits per heavy atom. The molecule has 3 saturated carbocycles. The molecule has 2 heterocycles. The van der Waals surface area contributed by atoms with Crippen LogP contribution in [0, 0.1) is 23.6 Å². The number of nitrogens with zero attached hydrogens (tertiary/aromatic N) is 5. The van der Waals surface area contributed by atoms with Gasteiger partial charge in [0, 0.05) is 21.4 Å². The highest BCUT2D eigenvalue weighted by Crippen LogP contribution is 2.61. The molecule has 3 N–H and O–H groups in total. The molecule has 0 unspecified atom stereocenters. The summed E-state index contributed by atoms with van der Waals surface area (Å²) in [6, 6.07) is 7.71. The lowest BCUT2D eigenvalue weighted by atomic mass is 9.66. The second-order valence-electron chi connectivity index (χ2n) is 8.42.